The van der Waals surface area contributed by atoms with Crippen LogP contribution in [-0.4, -0.2) is 77.3 Å². The maximum atomic E-state index is 13.3. The van der Waals surface area contributed by atoms with E-state index in [4.69, 9.17) is 10.7 Å². The predicted molar refractivity (Wildman–Crippen MR) is 156 cm³/mol. The molecule has 0 spiro atoms. The number of nitrogens with one attached hydrogen (secondary N) is 1. The fourth-order valence-corrected chi connectivity index (χ4v) is 8.12. The molecule has 0 saturated carbocycles. The van der Waals surface area contributed by atoms with Crippen LogP contribution in [0.4, 0.5) is 5.82 Å². The van der Waals surface area contributed by atoms with Crippen LogP contribution in [0.15, 0.2) is 35.6 Å². The van der Waals surface area contributed by atoms with Crippen LogP contribution in [-0.2, 0) is 9.84 Å². The second kappa shape index (κ2) is 9.66. The average Bonchev–Trinajstić information content (AvgIpc) is 3.74. The zero-order chi connectivity index (χ0) is 29.3. The Bertz CT molecular complexity index is 1950. The molecule has 0 aliphatic carbocycles. The molecule has 5 aromatic rings. The van der Waals surface area contributed by atoms with Crippen LogP contribution in [0.3, 0.4) is 0 Å². The lowest BCUT2D eigenvalue weighted by Gasteiger charge is -2.38. The van der Waals surface area contributed by atoms with Gasteiger partial charge in [0.2, 0.25) is 5.82 Å². The van der Waals surface area contributed by atoms with E-state index in [-0.39, 0.29) is 40.4 Å². The van der Waals surface area contributed by atoms with Gasteiger partial charge in [0.1, 0.15) is 21.5 Å². The number of carbonyl (C=O) groups excluding carboxylic acids is 1. The van der Waals surface area contributed by atoms with Crippen molar-refractivity contribution in [2.75, 3.05) is 12.0 Å². The molecular weight excluding hydrogens is 576 g/mol. The Morgan fingerprint density at radius 2 is 1.83 bits per heavy atom. The molecule has 13 nitrogen and oxygen atoms in total. The van der Waals surface area contributed by atoms with Gasteiger partial charge in [0.25, 0.3) is 5.91 Å². The predicted octanol–water partition coefficient (Wildman–Crippen LogP) is 3.19. The number of hydrogen-bond acceptors (Lipinski definition) is 11. The normalized spacial score (nSPS) is 20.5. The molecule has 7 heterocycles. The summed E-state index contributed by atoms with van der Waals surface area (Å²) in [4.78, 5) is 34.4. The molecule has 0 aromatic carbocycles. The number of thiazole rings is 1. The summed E-state index contributed by atoms with van der Waals surface area (Å²) in [7, 11) is -3.75. The van der Waals surface area contributed by atoms with Crippen LogP contribution in [0.2, 0.25) is 0 Å². The van der Waals surface area contributed by atoms with Crippen molar-refractivity contribution in [3.8, 4) is 21.8 Å². The van der Waals surface area contributed by atoms with Crippen molar-refractivity contribution in [1.82, 2.24) is 44.6 Å². The van der Waals surface area contributed by atoms with Gasteiger partial charge in [-0.3, -0.25) is 14.9 Å². The summed E-state index contributed by atoms with van der Waals surface area (Å²) < 4.78 is 27.6. The van der Waals surface area contributed by atoms with Crippen LogP contribution in [0.5, 0.6) is 0 Å². The summed E-state index contributed by atoms with van der Waals surface area (Å²) in [6.07, 6.45) is 9.07. The van der Waals surface area contributed by atoms with Gasteiger partial charge in [-0.25, -0.2) is 23.4 Å². The summed E-state index contributed by atoms with van der Waals surface area (Å²) in [6, 6.07) is 3.66. The summed E-state index contributed by atoms with van der Waals surface area (Å²) >= 11 is 1.57. The molecule has 2 bridgehead atoms. The van der Waals surface area contributed by atoms with Crippen molar-refractivity contribution in [3.05, 3.63) is 52.9 Å². The Kier molecular flexibility index (Phi) is 6.13. The Balaban J connectivity index is 1.27. The second-order valence-electron chi connectivity index (χ2n) is 11.0. The van der Waals surface area contributed by atoms with Gasteiger partial charge in [-0.05, 0) is 45.6 Å². The summed E-state index contributed by atoms with van der Waals surface area (Å²) in [5.41, 5.74) is 9.62. The minimum atomic E-state index is -3.75. The number of nitrogens with zero attached hydrogens (tertiary/aromatic N) is 8. The average molecular weight is 605 g/mol. The van der Waals surface area contributed by atoms with Crippen LogP contribution in [0.25, 0.3) is 27.5 Å². The van der Waals surface area contributed by atoms with Crippen molar-refractivity contribution >= 4 is 38.5 Å². The number of nitrogens with two attached hydrogens (primary N) is 1. The standard InChI is InChI=1S/C27H28N10O3S2/c1-13-10-30-26(41-13)20-7-4-15(11-29-20)19-12-31-37-23(28)22(42(3,39)40)21(33-25(19)37)16-8-17-5-6-18(9-16)36(17)27(38)24-32-14(2)34-35-24/h4,7,10-12,16-18H,5-6,8-9,28H2,1-3H3,(H,32,34,35)/t16?,17-,18+. The van der Waals surface area contributed by atoms with Crippen LogP contribution >= 0.6 is 11.3 Å². The molecule has 2 aliphatic rings. The molecule has 3 atom stereocenters. The number of fused-ring (bicyclic) bond motifs is 3. The number of rotatable bonds is 5. The number of pyridine rings is 1. The van der Waals surface area contributed by atoms with E-state index in [1.54, 1.807) is 30.7 Å². The highest BCUT2D eigenvalue weighted by atomic mass is 32.2. The van der Waals surface area contributed by atoms with E-state index in [9.17, 15) is 13.2 Å². The first-order valence-electron chi connectivity index (χ1n) is 13.6. The Hall–Kier alpha value is -4.24. The van der Waals surface area contributed by atoms with Gasteiger partial charge >= 0.3 is 0 Å². The molecule has 2 aliphatic heterocycles. The molecule has 15 heteroatoms. The molecule has 0 radical (unpaired) electrons. The minimum absolute atomic E-state index is 0.00830. The highest BCUT2D eigenvalue weighted by Gasteiger charge is 2.46. The maximum Gasteiger partial charge on any atom is 0.294 e. The number of hydrogen-bond donors (Lipinski definition) is 2. The number of H-pyrrole nitrogens is 1. The van der Waals surface area contributed by atoms with Crippen LogP contribution in [0.1, 0.15) is 58.6 Å². The maximum absolute atomic E-state index is 13.3. The first-order valence-corrected chi connectivity index (χ1v) is 16.3. The zero-order valence-corrected chi connectivity index (χ0v) is 24.8. The summed E-state index contributed by atoms with van der Waals surface area (Å²) in [5, 5.41) is 12.0. The smallest absolute Gasteiger partial charge is 0.294 e. The molecular formula is C27H28N10O3S2. The number of sulfone groups is 1. The number of carbonyl (C=O) groups is 1. The number of piperidine rings is 1. The van der Waals surface area contributed by atoms with Gasteiger partial charge in [0, 0.05) is 52.7 Å². The number of amides is 1. The van der Waals surface area contributed by atoms with Gasteiger partial charge in [0.05, 0.1) is 17.6 Å². The quantitative estimate of drug-likeness (QED) is 0.303. The molecule has 1 amide bonds. The molecule has 2 saturated heterocycles. The van der Waals surface area contributed by atoms with Gasteiger partial charge in [-0.2, -0.15) is 9.61 Å². The van der Waals surface area contributed by atoms with Gasteiger partial charge in [-0.1, -0.05) is 6.07 Å². The third-order valence-corrected chi connectivity index (χ3v) is 10.2. The Morgan fingerprint density at radius 1 is 1.07 bits per heavy atom. The van der Waals surface area contributed by atoms with E-state index in [1.807, 2.05) is 30.2 Å². The van der Waals surface area contributed by atoms with E-state index in [0.717, 1.165) is 40.2 Å². The molecule has 42 heavy (non-hydrogen) atoms. The molecule has 5 aromatic heterocycles. The fourth-order valence-electron chi connectivity index (χ4n) is 6.32. The zero-order valence-electron chi connectivity index (χ0n) is 23.1. The first-order chi connectivity index (χ1) is 20.1. The lowest BCUT2D eigenvalue weighted by atomic mass is 9.87. The topological polar surface area (TPSA) is 178 Å². The SMILES string of the molecule is Cc1nc(C(=O)N2[C@@H]3CC[C@H]2CC(c2nc4c(-c5ccc(-c6ncc(C)s6)nc5)cnn4c(N)c2S(C)(=O)=O)C3)n[nH]1. The number of aromatic amines is 1. The number of aromatic nitrogens is 8. The third kappa shape index (κ3) is 4.34. The monoisotopic (exact) mass is 604 g/mol. The van der Waals surface area contributed by atoms with E-state index >= 15 is 0 Å². The van der Waals surface area contributed by atoms with Crippen molar-refractivity contribution < 1.29 is 13.2 Å². The molecule has 2 fully saturated rings. The largest absolute Gasteiger partial charge is 0.382 e. The van der Waals surface area contributed by atoms with Crippen molar-refractivity contribution in [3.63, 3.8) is 0 Å². The highest BCUT2D eigenvalue weighted by molar-refractivity contribution is 7.91. The summed E-state index contributed by atoms with van der Waals surface area (Å²) in [6.45, 7) is 3.75. The van der Waals surface area contributed by atoms with Crippen LogP contribution in [0, 0.1) is 13.8 Å². The molecule has 7 rings (SSSR count). The summed E-state index contributed by atoms with van der Waals surface area (Å²) in [5.74, 6) is 0.323. The van der Waals surface area contributed by atoms with Gasteiger partial charge in [-0.15, -0.1) is 16.4 Å². The second-order valence-corrected chi connectivity index (χ2v) is 14.2. The number of aryl methyl sites for hydroxylation is 2. The van der Waals surface area contributed by atoms with E-state index in [0.29, 0.717) is 35.6 Å². The minimum Gasteiger partial charge on any atom is -0.382 e. The van der Waals surface area contributed by atoms with E-state index < -0.39 is 9.84 Å². The lowest BCUT2D eigenvalue weighted by Crippen LogP contribution is -2.46. The molecule has 3 N–H and O–H groups in total. The fraction of sp³-hybridized carbons (Fsp3) is 0.370. The Morgan fingerprint density at radius 3 is 2.43 bits per heavy atom. The van der Waals surface area contributed by atoms with Crippen molar-refractivity contribution in [2.45, 2.75) is 62.4 Å². The van der Waals surface area contributed by atoms with Crippen molar-refractivity contribution in [1.29, 1.82) is 0 Å². The van der Waals surface area contributed by atoms with E-state index in [2.05, 4.69) is 30.2 Å². The van der Waals surface area contributed by atoms with Crippen LogP contribution < -0.4 is 5.73 Å². The van der Waals surface area contributed by atoms with Gasteiger partial charge in [0.15, 0.2) is 15.5 Å². The molecule has 216 valence electrons. The third-order valence-electron chi connectivity index (χ3n) is 8.09. The highest BCUT2D eigenvalue weighted by Crippen LogP contribution is 2.45. The van der Waals surface area contributed by atoms with Crippen molar-refractivity contribution in [2.24, 2.45) is 0 Å². The number of nitrogen functional groups attached to an aromatic ring is 1. The molecule has 1 unspecified atom stereocenters. The van der Waals surface area contributed by atoms with Gasteiger partial charge < -0.3 is 10.6 Å². The first kappa shape index (κ1) is 26.6. The lowest BCUT2D eigenvalue weighted by molar-refractivity contribution is 0.0556. The Labute approximate surface area is 245 Å². The van der Waals surface area contributed by atoms with E-state index in [1.165, 1.54) is 4.52 Å². The number of anilines is 1.